The highest BCUT2D eigenvalue weighted by molar-refractivity contribution is 9.10. The molecule has 1 aliphatic carbocycles. The van der Waals surface area contributed by atoms with Crippen LogP contribution in [0.1, 0.15) is 23.3 Å². The molecule has 0 aromatic carbocycles. The van der Waals surface area contributed by atoms with E-state index in [9.17, 15) is 4.79 Å². The van der Waals surface area contributed by atoms with Crippen molar-refractivity contribution in [2.24, 2.45) is 5.92 Å². The van der Waals surface area contributed by atoms with Crippen molar-refractivity contribution >= 4 is 21.9 Å². The molecule has 0 atom stereocenters. The zero-order valence-corrected chi connectivity index (χ0v) is 10.4. The van der Waals surface area contributed by atoms with Crippen molar-refractivity contribution in [2.75, 3.05) is 13.7 Å². The molecule has 0 unspecified atom stereocenters. The molecule has 1 aromatic heterocycles. The second kappa shape index (κ2) is 4.78. The van der Waals surface area contributed by atoms with Gasteiger partial charge in [-0.2, -0.15) is 0 Å². The molecule has 2 rings (SSSR count). The van der Waals surface area contributed by atoms with E-state index in [0.29, 0.717) is 23.0 Å². The smallest absolute Gasteiger partial charge is 0.358 e. The summed E-state index contributed by atoms with van der Waals surface area (Å²) in [4.78, 5) is 19.2. The Labute approximate surface area is 101 Å². The van der Waals surface area contributed by atoms with Crippen molar-refractivity contribution in [3.63, 3.8) is 0 Å². The third-order valence-electron chi connectivity index (χ3n) is 2.25. The minimum absolute atomic E-state index is 0.150. The zero-order chi connectivity index (χ0) is 11.5. The van der Waals surface area contributed by atoms with Crippen molar-refractivity contribution in [3.05, 3.63) is 16.5 Å². The van der Waals surface area contributed by atoms with Gasteiger partial charge in [0.15, 0.2) is 10.3 Å². The molecule has 0 saturated heterocycles. The first kappa shape index (κ1) is 11.3. The topological polar surface area (TPSA) is 61.3 Å². The number of aromatic nitrogens is 2. The Balaban J connectivity index is 2.11. The fraction of sp³-hybridized carbons (Fsp3) is 0.500. The van der Waals surface area contributed by atoms with E-state index < -0.39 is 5.97 Å². The fourth-order valence-corrected chi connectivity index (χ4v) is 1.44. The van der Waals surface area contributed by atoms with Crippen LogP contribution in [0.2, 0.25) is 0 Å². The third kappa shape index (κ3) is 2.69. The van der Waals surface area contributed by atoms with Crippen LogP contribution in [-0.4, -0.2) is 29.7 Å². The van der Waals surface area contributed by atoms with Gasteiger partial charge in [0.2, 0.25) is 5.88 Å². The normalized spacial score (nSPS) is 14.6. The average molecular weight is 287 g/mol. The Morgan fingerprint density at radius 3 is 3.00 bits per heavy atom. The van der Waals surface area contributed by atoms with Crippen LogP contribution < -0.4 is 4.74 Å². The van der Waals surface area contributed by atoms with Gasteiger partial charge >= 0.3 is 5.97 Å². The van der Waals surface area contributed by atoms with E-state index in [1.54, 1.807) is 0 Å². The van der Waals surface area contributed by atoms with Gasteiger partial charge in [-0.25, -0.2) is 14.8 Å². The number of esters is 1. The standard InChI is InChI=1S/C10H11BrN2O3/c1-15-10(14)7-4-12-8(11)9(13-7)16-5-6-2-3-6/h4,6H,2-3,5H2,1H3. The van der Waals surface area contributed by atoms with Crippen LogP contribution in [0.4, 0.5) is 0 Å². The fourth-order valence-electron chi connectivity index (χ4n) is 1.13. The number of hydrogen-bond donors (Lipinski definition) is 0. The van der Waals surface area contributed by atoms with Crippen molar-refractivity contribution in [2.45, 2.75) is 12.8 Å². The number of methoxy groups -OCH3 is 1. The van der Waals surface area contributed by atoms with E-state index in [2.05, 4.69) is 30.6 Å². The number of rotatable bonds is 4. The number of carbonyl (C=O) groups excluding carboxylic acids is 1. The minimum atomic E-state index is -0.517. The van der Waals surface area contributed by atoms with Crippen LogP contribution in [0.25, 0.3) is 0 Å². The van der Waals surface area contributed by atoms with Gasteiger partial charge < -0.3 is 9.47 Å². The molecule has 0 bridgehead atoms. The molecule has 1 saturated carbocycles. The summed E-state index contributed by atoms with van der Waals surface area (Å²) in [5.41, 5.74) is 0.150. The lowest BCUT2D eigenvalue weighted by Crippen LogP contribution is -2.08. The van der Waals surface area contributed by atoms with Gasteiger partial charge in [0.1, 0.15) is 0 Å². The summed E-state index contributed by atoms with van der Waals surface area (Å²) in [6.45, 7) is 0.623. The second-order valence-corrected chi connectivity index (χ2v) is 4.35. The first-order valence-corrected chi connectivity index (χ1v) is 5.73. The molecule has 1 fully saturated rings. The SMILES string of the molecule is COC(=O)c1cnc(Br)c(OCC2CC2)n1. The number of ether oxygens (including phenoxy) is 2. The number of carbonyl (C=O) groups is 1. The predicted molar refractivity (Wildman–Crippen MR) is 59.3 cm³/mol. The molecule has 1 aromatic rings. The summed E-state index contributed by atoms with van der Waals surface area (Å²) in [6.07, 6.45) is 3.74. The highest BCUT2D eigenvalue weighted by Gasteiger charge is 2.23. The summed E-state index contributed by atoms with van der Waals surface area (Å²) < 4.78 is 10.5. The van der Waals surface area contributed by atoms with Crippen LogP contribution in [0.3, 0.4) is 0 Å². The first-order chi connectivity index (χ1) is 7.70. The molecule has 1 aliphatic rings. The van der Waals surface area contributed by atoms with Crippen LogP contribution >= 0.6 is 15.9 Å². The lowest BCUT2D eigenvalue weighted by atomic mass is 10.4. The molecule has 0 aliphatic heterocycles. The van der Waals surface area contributed by atoms with E-state index in [-0.39, 0.29) is 5.69 Å². The van der Waals surface area contributed by atoms with Crippen LogP contribution in [0.15, 0.2) is 10.8 Å². The molecule has 86 valence electrons. The minimum Gasteiger partial charge on any atom is -0.475 e. The Morgan fingerprint density at radius 2 is 2.38 bits per heavy atom. The van der Waals surface area contributed by atoms with E-state index in [4.69, 9.17) is 4.74 Å². The van der Waals surface area contributed by atoms with Crippen molar-refractivity contribution in [1.29, 1.82) is 0 Å². The van der Waals surface area contributed by atoms with Gasteiger partial charge in [-0.15, -0.1) is 0 Å². The van der Waals surface area contributed by atoms with Gasteiger partial charge in [-0.1, -0.05) is 0 Å². The molecule has 0 radical (unpaired) electrons. The quantitative estimate of drug-likeness (QED) is 0.790. The lowest BCUT2D eigenvalue weighted by Gasteiger charge is -2.06. The van der Waals surface area contributed by atoms with Gasteiger partial charge in [-0.05, 0) is 34.7 Å². The average Bonchev–Trinajstić information content (AvgIpc) is 3.11. The molecule has 0 amide bonds. The lowest BCUT2D eigenvalue weighted by molar-refractivity contribution is 0.0592. The third-order valence-corrected chi connectivity index (χ3v) is 2.79. The zero-order valence-electron chi connectivity index (χ0n) is 8.77. The van der Waals surface area contributed by atoms with Gasteiger partial charge in [0.05, 0.1) is 19.9 Å². The van der Waals surface area contributed by atoms with Crippen molar-refractivity contribution in [3.8, 4) is 5.88 Å². The summed E-state index contributed by atoms with van der Waals surface area (Å²) in [6, 6.07) is 0. The molecule has 0 spiro atoms. The molecular formula is C10H11BrN2O3. The van der Waals surface area contributed by atoms with E-state index in [1.807, 2.05) is 0 Å². The van der Waals surface area contributed by atoms with Gasteiger partial charge in [-0.3, -0.25) is 0 Å². The van der Waals surface area contributed by atoms with E-state index in [1.165, 1.54) is 26.1 Å². The Kier molecular flexibility index (Phi) is 3.38. The maximum atomic E-state index is 11.2. The molecule has 5 nitrogen and oxygen atoms in total. The number of halogens is 1. The first-order valence-electron chi connectivity index (χ1n) is 4.94. The van der Waals surface area contributed by atoms with E-state index >= 15 is 0 Å². The van der Waals surface area contributed by atoms with Crippen LogP contribution in [0, 0.1) is 5.92 Å². The molecule has 6 heteroatoms. The van der Waals surface area contributed by atoms with Crippen LogP contribution in [-0.2, 0) is 4.74 Å². The van der Waals surface area contributed by atoms with Crippen molar-refractivity contribution < 1.29 is 14.3 Å². The molecular weight excluding hydrogens is 276 g/mol. The number of hydrogen-bond acceptors (Lipinski definition) is 5. The maximum Gasteiger partial charge on any atom is 0.358 e. The summed E-state index contributed by atoms with van der Waals surface area (Å²) >= 11 is 3.22. The van der Waals surface area contributed by atoms with Crippen LogP contribution in [0.5, 0.6) is 5.88 Å². The predicted octanol–water partition coefficient (Wildman–Crippen LogP) is 1.81. The monoisotopic (exact) mass is 286 g/mol. The summed E-state index contributed by atoms with van der Waals surface area (Å²) in [5, 5.41) is 0. The summed E-state index contributed by atoms with van der Waals surface area (Å²) in [5.74, 6) is 0.446. The highest BCUT2D eigenvalue weighted by Crippen LogP contribution is 2.30. The number of nitrogens with zero attached hydrogens (tertiary/aromatic N) is 2. The van der Waals surface area contributed by atoms with Gasteiger partial charge in [0, 0.05) is 0 Å². The highest BCUT2D eigenvalue weighted by atomic mass is 79.9. The second-order valence-electron chi connectivity index (χ2n) is 3.60. The molecule has 16 heavy (non-hydrogen) atoms. The maximum absolute atomic E-state index is 11.2. The Hall–Kier alpha value is -1.17. The van der Waals surface area contributed by atoms with Gasteiger partial charge in [0.25, 0.3) is 0 Å². The van der Waals surface area contributed by atoms with Crippen molar-refractivity contribution in [1.82, 2.24) is 9.97 Å². The van der Waals surface area contributed by atoms with E-state index in [0.717, 1.165) is 0 Å². The Morgan fingerprint density at radius 1 is 1.62 bits per heavy atom. The molecule has 0 N–H and O–H groups in total. The molecule has 1 heterocycles. The largest absolute Gasteiger partial charge is 0.475 e. The Bertz CT molecular complexity index is 407. The summed E-state index contributed by atoms with van der Waals surface area (Å²) in [7, 11) is 1.30.